The van der Waals surface area contributed by atoms with E-state index >= 15 is 0 Å². The summed E-state index contributed by atoms with van der Waals surface area (Å²) in [6, 6.07) is 11.6. The molecule has 0 saturated carbocycles. The van der Waals surface area contributed by atoms with Gasteiger partial charge in [-0.2, -0.15) is 0 Å². The lowest BCUT2D eigenvalue weighted by molar-refractivity contribution is -0.122. The fourth-order valence-corrected chi connectivity index (χ4v) is 3.45. The summed E-state index contributed by atoms with van der Waals surface area (Å²) in [6.45, 7) is 0.980. The molecule has 0 spiro atoms. The number of hydrogen-bond acceptors (Lipinski definition) is 4. The van der Waals surface area contributed by atoms with E-state index in [1.54, 1.807) is 47.4 Å². The van der Waals surface area contributed by atoms with E-state index in [1.807, 2.05) is 0 Å². The van der Waals surface area contributed by atoms with E-state index in [0.717, 1.165) is 12.1 Å². The second-order valence-corrected chi connectivity index (χ2v) is 7.57. The van der Waals surface area contributed by atoms with Crippen LogP contribution in [-0.2, 0) is 9.59 Å². The first-order chi connectivity index (χ1) is 14.4. The van der Waals surface area contributed by atoms with Crippen molar-refractivity contribution >= 4 is 46.6 Å². The van der Waals surface area contributed by atoms with E-state index in [9.17, 15) is 14.4 Å². The number of nitrogens with zero attached hydrogens (tertiary/aromatic N) is 1. The van der Waals surface area contributed by atoms with E-state index in [4.69, 9.17) is 27.9 Å². The molecule has 0 unspecified atom stereocenters. The summed E-state index contributed by atoms with van der Waals surface area (Å²) >= 11 is 11.8. The number of carbonyl (C=O) groups excluding carboxylic acids is 3. The van der Waals surface area contributed by atoms with Gasteiger partial charge in [0.2, 0.25) is 11.8 Å². The maximum absolute atomic E-state index is 12.2. The van der Waals surface area contributed by atoms with Crippen LogP contribution in [0.15, 0.2) is 42.5 Å². The molecule has 158 valence electrons. The first-order valence-electron chi connectivity index (χ1n) is 9.51. The van der Waals surface area contributed by atoms with Crippen molar-refractivity contribution in [1.82, 2.24) is 10.9 Å². The molecule has 0 aliphatic carbocycles. The summed E-state index contributed by atoms with van der Waals surface area (Å²) in [7, 11) is 0. The quantitative estimate of drug-likeness (QED) is 0.497. The van der Waals surface area contributed by atoms with Crippen molar-refractivity contribution in [2.45, 2.75) is 25.7 Å². The third-order valence-electron chi connectivity index (χ3n) is 4.53. The van der Waals surface area contributed by atoms with Gasteiger partial charge in [-0.1, -0.05) is 23.2 Å². The summed E-state index contributed by atoms with van der Waals surface area (Å²) in [4.78, 5) is 37.5. The monoisotopic (exact) mass is 449 g/mol. The average molecular weight is 450 g/mol. The van der Waals surface area contributed by atoms with Crippen LogP contribution >= 0.6 is 23.2 Å². The van der Waals surface area contributed by atoms with Gasteiger partial charge in [0.25, 0.3) is 5.91 Å². The van der Waals surface area contributed by atoms with Gasteiger partial charge in [-0.05, 0) is 55.3 Å². The predicted octanol–water partition coefficient (Wildman–Crippen LogP) is 3.74. The zero-order chi connectivity index (χ0) is 21.5. The Balaban J connectivity index is 1.38. The van der Waals surface area contributed by atoms with Gasteiger partial charge in [-0.3, -0.25) is 25.2 Å². The highest BCUT2D eigenvalue weighted by atomic mass is 35.5. The molecule has 1 heterocycles. The number of benzene rings is 2. The molecule has 2 aromatic carbocycles. The highest BCUT2D eigenvalue weighted by molar-refractivity contribution is 6.35. The summed E-state index contributed by atoms with van der Waals surface area (Å²) in [6.07, 6.45) is 2.00. The number of anilines is 1. The van der Waals surface area contributed by atoms with Crippen molar-refractivity contribution in [2.75, 3.05) is 18.1 Å². The Morgan fingerprint density at radius 1 is 1.07 bits per heavy atom. The van der Waals surface area contributed by atoms with Crippen molar-refractivity contribution in [3.63, 3.8) is 0 Å². The van der Waals surface area contributed by atoms with Crippen LogP contribution in [-0.4, -0.2) is 30.9 Å². The SMILES string of the molecule is O=C(CCCOc1ccc(Cl)cc1Cl)NNC(=O)c1ccc(N2CCCC2=O)cc1. The smallest absolute Gasteiger partial charge is 0.269 e. The molecule has 2 aromatic rings. The highest BCUT2D eigenvalue weighted by Crippen LogP contribution is 2.27. The Kier molecular flexibility index (Phi) is 7.54. The fraction of sp³-hybridized carbons (Fsp3) is 0.286. The Morgan fingerprint density at radius 2 is 1.83 bits per heavy atom. The zero-order valence-corrected chi connectivity index (χ0v) is 17.6. The van der Waals surface area contributed by atoms with Gasteiger partial charge >= 0.3 is 0 Å². The summed E-state index contributed by atoms with van der Waals surface area (Å²) in [5.74, 6) is -0.198. The van der Waals surface area contributed by atoms with Crippen LogP contribution in [0.1, 0.15) is 36.0 Å². The van der Waals surface area contributed by atoms with Crippen molar-refractivity contribution in [3.8, 4) is 5.75 Å². The standard InChI is InChI=1S/C21H21Cl2N3O4/c22-15-7-10-18(17(23)13-15)30-12-2-3-19(27)24-25-21(29)14-5-8-16(9-6-14)26-11-1-4-20(26)28/h5-10,13H,1-4,11-12H2,(H,24,27)(H,25,29). The van der Waals surface area contributed by atoms with Gasteiger partial charge in [0, 0.05) is 35.7 Å². The molecule has 3 amide bonds. The molecule has 0 aromatic heterocycles. The minimum absolute atomic E-state index is 0.0850. The number of amides is 3. The normalized spacial score (nSPS) is 13.3. The van der Waals surface area contributed by atoms with E-state index in [1.165, 1.54) is 0 Å². The van der Waals surface area contributed by atoms with Crippen LogP contribution in [0.2, 0.25) is 10.0 Å². The molecule has 1 saturated heterocycles. The second kappa shape index (κ2) is 10.3. The number of halogens is 2. The van der Waals surface area contributed by atoms with Crippen molar-refractivity contribution < 1.29 is 19.1 Å². The molecule has 0 atom stereocenters. The van der Waals surface area contributed by atoms with E-state index in [0.29, 0.717) is 47.4 Å². The van der Waals surface area contributed by atoms with E-state index in [-0.39, 0.29) is 18.2 Å². The van der Waals surface area contributed by atoms with Crippen LogP contribution < -0.4 is 20.5 Å². The zero-order valence-electron chi connectivity index (χ0n) is 16.1. The first kappa shape index (κ1) is 21.9. The Morgan fingerprint density at radius 3 is 2.50 bits per heavy atom. The largest absolute Gasteiger partial charge is 0.492 e. The number of hydrazine groups is 1. The molecule has 3 rings (SSSR count). The maximum atomic E-state index is 12.2. The minimum atomic E-state index is -0.438. The van der Waals surface area contributed by atoms with Gasteiger partial charge in [0.05, 0.1) is 11.6 Å². The maximum Gasteiger partial charge on any atom is 0.269 e. The highest BCUT2D eigenvalue weighted by Gasteiger charge is 2.21. The number of carbonyl (C=O) groups is 3. The van der Waals surface area contributed by atoms with Crippen LogP contribution in [0, 0.1) is 0 Å². The lowest BCUT2D eigenvalue weighted by Gasteiger charge is -2.15. The van der Waals surface area contributed by atoms with Gasteiger partial charge in [0.1, 0.15) is 5.75 Å². The van der Waals surface area contributed by atoms with Crippen LogP contribution in [0.4, 0.5) is 5.69 Å². The Hall–Kier alpha value is -2.77. The molecule has 0 bridgehead atoms. The minimum Gasteiger partial charge on any atom is -0.492 e. The van der Waals surface area contributed by atoms with Crippen molar-refractivity contribution in [2.24, 2.45) is 0 Å². The molecule has 0 radical (unpaired) electrons. The van der Waals surface area contributed by atoms with Crippen LogP contribution in [0.5, 0.6) is 5.75 Å². The molecule has 7 nitrogen and oxygen atoms in total. The molecule has 1 aliphatic rings. The second-order valence-electron chi connectivity index (χ2n) is 6.72. The average Bonchev–Trinajstić information content (AvgIpc) is 3.16. The van der Waals surface area contributed by atoms with Gasteiger partial charge in [0.15, 0.2) is 0 Å². The first-order valence-corrected chi connectivity index (χ1v) is 10.3. The molecule has 1 fully saturated rings. The molecular weight excluding hydrogens is 429 g/mol. The fourth-order valence-electron chi connectivity index (χ4n) is 2.98. The van der Waals surface area contributed by atoms with Crippen LogP contribution in [0.3, 0.4) is 0 Å². The number of nitrogens with one attached hydrogen (secondary N) is 2. The summed E-state index contributed by atoms with van der Waals surface area (Å²) < 4.78 is 5.51. The molecule has 1 aliphatic heterocycles. The Labute approximate surface area is 184 Å². The molecule has 2 N–H and O–H groups in total. The molecule has 30 heavy (non-hydrogen) atoms. The lowest BCUT2D eigenvalue weighted by Crippen LogP contribution is -2.41. The third-order valence-corrected chi connectivity index (χ3v) is 5.06. The number of ether oxygens (including phenoxy) is 1. The van der Waals surface area contributed by atoms with Gasteiger partial charge < -0.3 is 9.64 Å². The predicted molar refractivity (Wildman–Crippen MR) is 115 cm³/mol. The number of hydrogen-bond donors (Lipinski definition) is 2. The van der Waals surface area contributed by atoms with Crippen molar-refractivity contribution in [1.29, 1.82) is 0 Å². The Bertz CT molecular complexity index is 934. The summed E-state index contributed by atoms with van der Waals surface area (Å²) in [5, 5.41) is 0.918. The molecular formula is C21H21Cl2N3O4. The summed E-state index contributed by atoms with van der Waals surface area (Å²) in [5.41, 5.74) is 5.89. The lowest BCUT2D eigenvalue weighted by atomic mass is 10.2. The third kappa shape index (κ3) is 5.87. The van der Waals surface area contributed by atoms with E-state index < -0.39 is 5.91 Å². The van der Waals surface area contributed by atoms with Crippen LogP contribution in [0.25, 0.3) is 0 Å². The topological polar surface area (TPSA) is 87.7 Å². The molecule has 9 heteroatoms. The van der Waals surface area contributed by atoms with Gasteiger partial charge in [-0.25, -0.2) is 0 Å². The van der Waals surface area contributed by atoms with E-state index in [2.05, 4.69) is 10.9 Å². The van der Waals surface area contributed by atoms with Gasteiger partial charge in [-0.15, -0.1) is 0 Å². The number of rotatable bonds is 7. The van der Waals surface area contributed by atoms with Crippen molar-refractivity contribution in [3.05, 3.63) is 58.1 Å².